The zero-order valence-corrected chi connectivity index (χ0v) is 15.7. The standard InChI is InChI=1S/C17H18BrN5O4/c18-10-4-2-1-3-9(10)5-19-15-12-16(21-7-20-15)23(8-22-12)17-14(26)13(25)11(6-24)27-17/h1-4,7-8,11,13-14,17,24-26H,5-6H2,(H,19,20,21)/t11-,13-,14+,17-/m1/s1. The summed E-state index contributed by atoms with van der Waals surface area (Å²) in [6.45, 7) is 0.142. The molecule has 9 nitrogen and oxygen atoms in total. The van der Waals surface area contributed by atoms with E-state index in [1.165, 1.54) is 17.2 Å². The summed E-state index contributed by atoms with van der Waals surface area (Å²) >= 11 is 3.51. The van der Waals surface area contributed by atoms with Gasteiger partial charge in [0.2, 0.25) is 0 Å². The van der Waals surface area contributed by atoms with Crippen LogP contribution in [-0.2, 0) is 11.3 Å². The Morgan fingerprint density at radius 2 is 1.96 bits per heavy atom. The van der Waals surface area contributed by atoms with Crippen LogP contribution in [0.1, 0.15) is 11.8 Å². The van der Waals surface area contributed by atoms with E-state index < -0.39 is 31.1 Å². The molecular formula is C17H18BrN5O4. The number of imidazole rings is 1. The molecule has 142 valence electrons. The highest BCUT2D eigenvalue weighted by molar-refractivity contribution is 9.10. The normalized spacial score (nSPS) is 25.2. The van der Waals surface area contributed by atoms with Crippen molar-refractivity contribution in [3.05, 3.63) is 47.0 Å². The number of aliphatic hydroxyl groups is 3. The minimum Gasteiger partial charge on any atom is -0.394 e. The average molecular weight is 436 g/mol. The number of nitrogens with zero attached hydrogens (tertiary/aromatic N) is 4. The molecule has 2 aromatic heterocycles. The van der Waals surface area contributed by atoms with Crippen LogP contribution in [0.2, 0.25) is 0 Å². The largest absolute Gasteiger partial charge is 0.394 e. The van der Waals surface area contributed by atoms with Crippen LogP contribution in [-0.4, -0.2) is 59.8 Å². The van der Waals surface area contributed by atoms with Gasteiger partial charge in [0.25, 0.3) is 0 Å². The van der Waals surface area contributed by atoms with Gasteiger partial charge in [-0.25, -0.2) is 15.0 Å². The topological polar surface area (TPSA) is 126 Å². The van der Waals surface area contributed by atoms with Crippen LogP contribution in [0.15, 0.2) is 41.4 Å². The van der Waals surface area contributed by atoms with E-state index in [0.29, 0.717) is 23.5 Å². The van der Waals surface area contributed by atoms with Crippen LogP contribution in [0.5, 0.6) is 0 Å². The van der Waals surface area contributed by atoms with Gasteiger partial charge in [0.05, 0.1) is 12.9 Å². The van der Waals surface area contributed by atoms with E-state index in [4.69, 9.17) is 4.74 Å². The van der Waals surface area contributed by atoms with Crippen molar-refractivity contribution >= 4 is 32.9 Å². The zero-order chi connectivity index (χ0) is 19.0. The Hall–Kier alpha value is -2.11. The molecule has 0 bridgehead atoms. The molecule has 3 aromatic rings. The summed E-state index contributed by atoms with van der Waals surface area (Å²) in [6.07, 6.45) is -1.28. The molecular weight excluding hydrogens is 418 g/mol. The van der Waals surface area contributed by atoms with Gasteiger partial charge in [0.1, 0.15) is 24.6 Å². The fraction of sp³-hybridized carbons (Fsp3) is 0.353. The predicted molar refractivity (Wildman–Crippen MR) is 99.8 cm³/mol. The fourth-order valence-electron chi connectivity index (χ4n) is 3.10. The number of hydrogen-bond acceptors (Lipinski definition) is 8. The Kier molecular flexibility index (Phi) is 5.06. The minimum atomic E-state index is -1.20. The smallest absolute Gasteiger partial charge is 0.167 e. The summed E-state index contributed by atoms with van der Waals surface area (Å²) in [5.41, 5.74) is 2.03. The summed E-state index contributed by atoms with van der Waals surface area (Å²) in [6, 6.07) is 7.85. The SMILES string of the molecule is OC[C@H]1O[C@@H](n2cnc3c(NCc4ccccc4Br)ncnc32)[C@@H](O)[C@@H]1O. The van der Waals surface area contributed by atoms with Crippen LogP contribution >= 0.6 is 15.9 Å². The van der Waals surface area contributed by atoms with E-state index in [1.807, 2.05) is 24.3 Å². The van der Waals surface area contributed by atoms with Gasteiger partial charge in [-0.2, -0.15) is 0 Å². The number of fused-ring (bicyclic) bond motifs is 1. The van der Waals surface area contributed by atoms with E-state index in [-0.39, 0.29) is 0 Å². The highest BCUT2D eigenvalue weighted by atomic mass is 79.9. The van der Waals surface area contributed by atoms with Crippen molar-refractivity contribution in [1.29, 1.82) is 0 Å². The van der Waals surface area contributed by atoms with Gasteiger partial charge in [-0.05, 0) is 11.6 Å². The molecule has 1 fully saturated rings. The minimum absolute atomic E-state index is 0.394. The Balaban J connectivity index is 1.61. The molecule has 3 heterocycles. The molecule has 0 spiro atoms. The van der Waals surface area contributed by atoms with Crippen molar-refractivity contribution in [1.82, 2.24) is 19.5 Å². The van der Waals surface area contributed by atoms with Gasteiger partial charge in [-0.3, -0.25) is 4.57 Å². The monoisotopic (exact) mass is 435 g/mol. The van der Waals surface area contributed by atoms with Gasteiger partial charge in [0.15, 0.2) is 23.2 Å². The molecule has 1 aliphatic heterocycles. The summed E-state index contributed by atoms with van der Waals surface area (Å²) in [4.78, 5) is 12.8. The number of aromatic nitrogens is 4. The molecule has 4 rings (SSSR count). The van der Waals surface area contributed by atoms with E-state index >= 15 is 0 Å². The van der Waals surface area contributed by atoms with Crippen molar-refractivity contribution in [3.63, 3.8) is 0 Å². The van der Waals surface area contributed by atoms with Crippen LogP contribution in [0, 0.1) is 0 Å². The molecule has 0 saturated carbocycles. The predicted octanol–water partition coefficient (Wildman–Crippen LogP) is 0.812. The van der Waals surface area contributed by atoms with Crippen molar-refractivity contribution in [2.75, 3.05) is 11.9 Å². The number of benzene rings is 1. The Labute approximate surface area is 162 Å². The number of ether oxygens (including phenoxy) is 1. The second-order valence-electron chi connectivity index (χ2n) is 6.22. The molecule has 1 aromatic carbocycles. The maximum Gasteiger partial charge on any atom is 0.167 e. The van der Waals surface area contributed by atoms with Crippen LogP contribution in [0.25, 0.3) is 11.2 Å². The van der Waals surface area contributed by atoms with Crippen molar-refractivity contribution in [2.24, 2.45) is 0 Å². The Morgan fingerprint density at radius 1 is 1.15 bits per heavy atom. The molecule has 1 aliphatic rings. The lowest BCUT2D eigenvalue weighted by Gasteiger charge is -2.16. The molecule has 4 atom stereocenters. The lowest BCUT2D eigenvalue weighted by Crippen LogP contribution is -2.33. The van der Waals surface area contributed by atoms with E-state index in [2.05, 4.69) is 36.2 Å². The third kappa shape index (κ3) is 3.30. The number of halogens is 1. The number of aliphatic hydroxyl groups excluding tert-OH is 3. The first-order chi connectivity index (χ1) is 13.1. The van der Waals surface area contributed by atoms with Crippen LogP contribution in [0.4, 0.5) is 5.82 Å². The van der Waals surface area contributed by atoms with Crippen molar-refractivity contribution in [3.8, 4) is 0 Å². The number of nitrogens with one attached hydrogen (secondary N) is 1. The van der Waals surface area contributed by atoms with Gasteiger partial charge in [-0.15, -0.1) is 0 Å². The Bertz CT molecular complexity index is 952. The molecule has 0 radical (unpaired) electrons. The zero-order valence-electron chi connectivity index (χ0n) is 14.1. The average Bonchev–Trinajstić information content (AvgIpc) is 3.23. The number of rotatable bonds is 5. The van der Waals surface area contributed by atoms with E-state index in [9.17, 15) is 15.3 Å². The molecule has 0 amide bonds. The molecule has 10 heteroatoms. The first kappa shape index (κ1) is 18.3. The Morgan fingerprint density at radius 3 is 2.70 bits per heavy atom. The maximum atomic E-state index is 10.2. The highest BCUT2D eigenvalue weighted by Crippen LogP contribution is 2.32. The van der Waals surface area contributed by atoms with Gasteiger partial charge in [0, 0.05) is 11.0 Å². The maximum absolute atomic E-state index is 10.2. The second kappa shape index (κ2) is 7.49. The second-order valence-corrected chi connectivity index (χ2v) is 7.07. The molecule has 0 aliphatic carbocycles. The lowest BCUT2D eigenvalue weighted by molar-refractivity contribution is -0.0511. The number of hydrogen-bond donors (Lipinski definition) is 4. The summed E-state index contributed by atoms with van der Waals surface area (Å²) in [7, 11) is 0. The van der Waals surface area contributed by atoms with Crippen molar-refractivity contribution in [2.45, 2.75) is 31.1 Å². The van der Waals surface area contributed by atoms with Crippen molar-refractivity contribution < 1.29 is 20.1 Å². The lowest BCUT2D eigenvalue weighted by atomic mass is 10.1. The summed E-state index contributed by atoms with van der Waals surface area (Å²) in [5.74, 6) is 0.543. The first-order valence-corrected chi connectivity index (χ1v) is 9.16. The molecule has 4 N–H and O–H groups in total. The number of anilines is 1. The fourth-order valence-corrected chi connectivity index (χ4v) is 3.52. The summed E-state index contributed by atoms with van der Waals surface area (Å²) in [5, 5.41) is 32.7. The highest BCUT2D eigenvalue weighted by Gasteiger charge is 2.44. The molecule has 1 saturated heterocycles. The van der Waals surface area contributed by atoms with E-state index in [0.717, 1.165) is 10.0 Å². The van der Waals surface area contributed by atoms with Crippen LogP contribution in [0.3, 0.4) is 0 Å². The van der Waals surface area contributed by atoms with E-state index in [1.54, 1.807) is 0 Å². The van der Waals surface area contributed by atoms with Gasteiger partial charge >= 0.3 is 0 Å². The summed E-state index contributed by atoms with van der Waals surface area (Å²) < 4.78 is 8.08. The van der Waals surface area contributed by atoms with Gasteiger partial charge in [-0.1, -0.05) is 34.1 Å². The molecule has 27 heavy (non-hydrogen) atoms. The van der Waals surface area contributed by atoms with Crippen LogP contribution < -0.4 is 5.32 Å². The van der Waals surface area contributed by atoms with Gasteiger partial charge < -0.3 is 25.4 Å². The third-order valence-electron chi connectivity index (χ3n) is 4.55. The first-order valence-electron chi connectivity index (χ1n) is 8.37. The quantitative estimate of drug-likeness (QED) is 0.463. The third-order valence-corrected chi connectivity index (χ3v) is 5.33. The molecule has 0 unspecified atom stereocenters.